The summed E-state index contributed by atoms with van der Waals surface area (Å²) in [5.74, 6) is 0.212. The number of hydrogen-bond acceptors (Lipinski definition) is 4. The number of nitrogens with zero attached hydrogens (tertiary/aromatic N) is 1. The van der Waals surface area contributed by atoms with Crippen LogP contribution < -0.4 is 5.32 Å². The second-order valence-electron chi connectivity index (χ2n) is 5.13. The zero-order valence-electron chi connectivity index (χ0n) is 13.0. The van der Waals surface area contributed by atoms with E-state index < -0.39 is 0 Å². The molecule has 1 fully saturated rings. The van der Waals surface area contributed by atoms with Crippen molar-refractivity contribution in [1.82, 2.24) is 10.2 Å². The molecule has 0 aromatic carbocycles. The minimum atomic E-state index is 0.212. The monoisotopic (exact) mass is 286 g/mol. The van der Waals surface area contributed by atoms with Crippen molar-refractivity contribution >= 4 is 5.91 Å². The number of rotatable bonds is 10. The van der Waals surface area contributed by atoms with E-state index in [-0.39, 0.29) is 5.91 Å². The highest BCUT2D eigenvalue weighted by Gasteiger charge is 2.20. The molecular weight excluding hydrogens is 256 g/mol. The van der Waals surface area contributed by atoms with Crippen molar-refractivity contribution in [2.75, 3.05) is 46.1 Å². The van der Waals surface area contributed by atoms with Gasteiger partial charge in [0.15, 0.2) is 0 Å². The molecule has 0 saturated carbocycles. The van der Waals surface area contributed by atoms with Crippen LogP contribution in [0.3, 0.4) is 0 Å². The lowest BCUT2D eigenvalue weighted by Gasteiger charge is -2.27. The Morgan fingerprint density at radius 2 is 1.80 bits per heavy atom. The number of amides is 1. The lowest BCUT2D eigenvalue weighted by atomic mass is 10.0. The van der Waals surface area contributed by atoms with Crippen LogP contribution in [0.15, 0.2) is 0 Å². The Kier molecular flexibility index (Phi) is 9.62. The van der Waals surface area contributed by atoms with Gasteiger partial charge in [0, 0.05) is 38.8 Å². The molecule has 1 aliphatic heterocycles. The molecule has 5 nitrogen and oxygen atoms in total. The van der Waals surface area contributed by atoms with Crippen molar-refractivity contribution in [3.63, 3.8) is 0 Å². The first kappa shape index (κ1) is 17.4. The fourth-order valence-corrected chi connectivity index (χ4v) is 2.44. The summed E-state index contributed by atoms with van der Waals surface area (Å²) >= 11 is 0. The second kappa shape index (κ2) is 11.1. The molecule has 1 amide bonds. The molecule has 0 radical (unpaired) electrons. The van der Waals surface area contributed by atoms with E-state index in [4.69, 9.17) is 9.47 Å². The summed E-state index contributed by atoms with van der Waals surface area (Å²) in [5.41, 5.74) is 0. The lowest BCUT2D eigenvalue weighted by Crippen LogP contribution is -2.42. The predicted octanol–water partition coefficient (Wildman–Crippen LogP) is 1.42. The highest BCUT2D eigenvalue weighted by atomic mass is 16.5. The third kappa shape index (κ3) is 7.22. The summed E-state index contributed by atoms with van der Waals surface area (Å²) in [5, 5.41) is 3.43. The molecule has 1 unspecified atom stereocenters. The molecule has 1 heterocycles. The summed E-state index contributed by atoms with van der Waals surface area (Å²) in [7, 11) is 0. The average molecular weight is 286 g/mol. The van der Waals surface area contributed by atoms with Gasteiger partial charge in [0.05, 0.1) is 13.2 Å². The van der Waals surface area contributed by atoms with Crippen LogP contribution in [0.2, 0.25) is 0 Å². The van der Waals surface area contributed by atoms with Crippen LogP contribution in [-0.2, 0) is 14.3 Å². The number of hydrogen-bond donors (Lipinski definition) is 1. The highest BCUT2D eigenvalue weighted by molar-refractivity contribution is 5.76. The molecule has 5 heteroatoms. The minimum absolute atomic E-state index is 0.212. The van der Waals surface area contributed by atoms with Crippen LogP contribution in [0.5, 0.6) is 0 Å². The Bertz CT molecular complexity index is 246. The van der Waals surface area contributed by atoms with Gasteiger partial charge in [0.1, 0.15) is 0 Å². The van der Waals surface area contributed by atoms with Gasteiger partial charge in [0.2, 0.25) is 5.91 Å². The second-order valence-corrected chi connectivity index (χ2v) is 5.13. The van der Waals surface area contributed by atoms with Gasteiger partial charge in [-0.15, -0.1) is 0 Å². The van der Waals surface area contributed by atoms with Gasteiger partial charge in [-0.3, -0.25) is 4.79 Å². The van der Waals surface area contributed by atoms with Crippen molar-refractivity contribution < 1.29 is 14.3 Å². The molecule has 0 aliphatic carbocycles. The number of piperidine rings is 1. The fraction of sp³-hybridized carbons (Fsp3) is 0.933. The zero-order valence-corrected chi connectivity index (χ0v) is 13.0. The van der Waals surface area contributed by atoms with Crippen LogP contribution in [-0.4, -0.2) is 62.9 Å². The van der Waals surface area contributed by atoms with E-state index in [1.165, 1.54) is 12.8 Å². The smallest absolute Gasteiger partial charge is 0.224 e. The fourth-order valence-electron chi connectivity index (χ4n) is 2.44. The van der Waals surface area contributed by atoms with Crippen LogP contribution in [0.1, 0.15) is 39.5 Å². The van der Waals surface area contributed by atoms with Gasteiger partial charge >= 0.3 is 0 Å². The maximum Gasteiger partial charge on any atom is 0.224 e. The first-order chi connectivity index (χ1) is 9.77. The first-order valence-electron chi connectivity index (χ1n) is 7.94. The first-order valence-corrected chi connectivity index (χ1v) is 7.94. The molecule has 1 rings (SSSR count). The molecule has 1 N–H and O–H groups in total. The molecule has 0 aromatic heterocycles. The van der Waals surface area contributed by atoms with Crippen LogP contribution in [0, 0.1) is 0 Å². The van der Waals surface area contributed by atoms with Gasteiger partial charge in [-0.1, -0.05) is 6.42 Å². The van der Waals surface area contributed by atoms with E-state index in [1.54, 1.807) is 0 Å². The molecule has 1 atom stereocenters. The van der Waals surface area contributed by atoms with Crippen molar-refractivity contribution in [1.29, 1.82) is 0 Å². The quantitative estimate of drug-likeness (QED) is 0.617. The summed E-state index contributed by atoms with van der Waals surface area (Å²) in [6, 6.07) is 0.345. The topological polar surface area (TPSA) is 50.8 Å². The molecule has 20 heavy (non-hydrogen) atoms. The molecule has 1 saturated heterocycles. The Hall–Kier alpha value is -0.650. The summed E-state index contributed by atoms with van der Waals surface area (Å²) in [6.07, 6.45) is 4.15. The molecule has 0 spiro atoms. The third-order valence-corrected chi connectivity index (χ3v) is 3.61. The average Bonchev–Trinajstić information content (AvgIpc) is 2.47. The largest absolute Gasteiger partial charge is 0.380 e. The molecule has 0 aromatic rings. The van der Waals surface area contributed by atoms with E-state index >= 15 is 0 Å². The van der Waals surface area contributed by atoms with E-state index in [0.29, 0.717) is 52.0 Å². The van der Waals surface area contributed by atoms with Gasteiger partial charge in [-0.05, 0) is 33.2 Å². The number of carbonyl (C=O) groups excluding carboxylic acids is 1. The van der Waals surface area contributed by atoms with E-state index in [9.17, 15) is 4.79 Å². The van der Waals surface area contributed by atoms with Crippen LogP contribution >= 0.6 is 0 Å². The molecule has 118 valence electrons. The summed E-state index contributed by atoms with van der Waals surface area (Å²) in [6.45, 7) is 8.89. The van der Waals surface area contributed by atoms with Crippen molar-refractivity contribution in [3.8, 4) is 0 Å². The standard InChI is InChI=1S/C15H30N2O3/c1-3-19-11-9-17(10-12-20-4-2)15(18)13-14-7-5-6-8-16-14/h14,16H,3-13H2,1-2H3. The Morgan fingerprint density at radius 1 is 1.15 bits per heavy atom. The number of carbonyl (C=O) groups is 1. The summed E-state index contributed by atoms with van der Waals surface area (Å²) < 4.78 is 10.7. The number of ether oxygens (including phenoxy) is 2. The van der Waals surface area contributed by atoms with Crippen LogP contribution in [0.4, 0.5) is 0 Å². The maximum atomic E-state index is 12.4. The minimum Gasteiger partial charge on any atom is -0.380 e. The zero-order chi connectivity index (χ0) is 14.6. The highest BCUT2D eigenvalue weighted by Crippen LogP contribution is 2.11. The van der Waals surface area contributed by atoms with Crippen molar-refractivity contribution in [2.24, 2.45) is 0 Å². The van der Waals surface area contributed by atoms with Crippen molar-refractivity contribution in [3.05, 3.63) is 0 Å². The third-order valence-electron chi connectivity index (χ3n) is 3.61. The molecule has 0 bridgehead atoms. The van der Waals surface area contributed by atoms with E-state index in [0.717, 1.165) is 13.0 Å². The van der Waals surface area contributed by atoms with Crippen molar-refractivity contribution in [2.45, 2.75) is 45.6 Å². The van der Waals surface area contributed by atoms with Gasteiger partial charge in [-0.2, -0.15) is 0 Å². The number of nitrogens with one attached hydrogen (secondary N) is 1. The maximum absolute atomic E-state index is 12.4. The predicted molar refractivity (Wildman–Crippen MR) is 79.8 cm³/mol. The van der Waals surface area contributed by atoms with Gasteiger partial charge < -0.3 is 19.7 Å². The Morgan fingerprint density at radius 3 is 2.30 bits per heavy atom. The molecule has 1 aliphatic rings. The Balaban J connectivity index is 2.35. The lowest BCUT2D eigenvalue weighted by molar-refractivity contribution is -0.133. The van der Waals surface area contributed by atoms with Crippen LogP contribution in [0.25, 0.3) is 0 Å². The molecular formula is C15H30N2O3. The summed E-state index contributed by atoms with van der Waals surface area (Å²) in [4.78, 5) is 14.3. The normalized spacial score (nSPS) is 19.0. The van der Waals surface area contributed by atoms with E-state index in [1.807, 2.05) is 18.7 Å². The van der Waals surface area contributed by atoms with Gasteiger partial charge in [-0.25, -0.2) is 0 Å². The SMILES string of the molecule is CCOCCN(CCOCC)C(=O)CC1CCCCN1. The Labute approximate surface area is 123 Å². The van der Waals surface area contributed by atoms with Gasteiger partial charge in [0.25, 0.3) is 0 Å². The van der Waals surface area contributed by atoms with E-state index in [2.05, 4.69) is 5.32 Å².